The summed E-state index contributed by atoms with van der Waals surface area (Å²) in [4.78, 5) is 24.1. The van der Waals surface area contributed by atoms with E-state index in [0.717, 1.165) is 6.07 Å². The molecular formula is C20H19F4NO4. The van der Waals surface area contributed by atoms with Gasteiger partial charge in [-0.05, 0) is 30.2 Å². The van der Waals surface area contributed by atoms with Crippen LogP contribution < -0.4 is 10.1 Å². The maximum absolute atomic E-state index is 14.0. The van der Waals surface area contributed by atoms with Gasteiger partial charge in [-0.15, -0.1) is 13.2 Å². The molecule has 1 N–H and O–H groups in total. The minimum atomic E-state index is -4.97. The van der Waals surface area contributed by atoms with Gasteiger partial charge in [0.15, 0.2) is 0 Å². The van der Waals surface area contributed by atoms with Crippen molar-refractivity contribution in [2.75, 3.05) is 5.32 Å². The molecule has 0 aromatic heterocycles. The van der Waals surface area contributed by atoms with Crippen molar-refractivity contribution in [2.45, 2.75) is 33.2 Å². The van der Waals surface area contributed by atoms with E-state index in [4.69, 9.17) is 4.74 Å². The van der Waals surface area contributed by atoms with Gasteiger partial charge in [-0.3, -0.25) is 9.59 Å². The quantitative estimate of drug-likeness (QED) is 0.509. The summed E-state index contributed by atoms with van der Waals surface area (Å²) in [5.74, 6) is -3.01. The number of alkyl halides is 3. The van der Waals surface area contributed by atoms with Crippen LogP contribution in [0.15, 0.2) is 42.5 Å². The van der Waals surface area contributed by atoms with Crippen LogP contribution in [0.3, 0.4) is 0 Å². The Kier molecular flexibility index (Phi) is 7.19. The van der Waals surface area contributed by atoms with Crippen molar-refractivity contribution < 1.29 is 36.6 Å². The van der Waals surface area contributed by atoms with Gasteiger partial charge in [0.1, 0.15) is 18.2 Å². The molecular weight excluding hydrogens is 394 g/mol. The lowest BCUT2D eigenvalue weighted by Crippen LogP contribution is -2.19. The first-order valence-electron chi connectivity index (χ1n) is 8.65. The van der Waals surface area contributed by atoms with Crippen molar-refractivity contribution in [3.63, 3.8) is 0 Å². The van der Waals surface area contributed by atoms with Crippen LogP contribution in [0.5, 0.6) is 5.75 Å². The summed E-state index contributed by atoms with van der Waals surface area (Å²) < 4.78 is 59.9. The Morgan fingerprint density at radius 1 is 1.10 bits per heavy atom. The first-order valence-corrected chi connectivity index (χ1v) is 8.65. The highest BCUT2D eigenvalue weighted by molar-refractivity contribution is 6.05. The third-order valence-electron chi connectivity index (χ3n) is 3.65. The van der Waals surface area contributed by atoms with E-state index in [1.54, 1.807) is 18.2 Å². The molecule has 0 atom stereocenters. The van der Waals surface area contributed by atoms with E-state index < -0.39 is 35.4 Å². The fourth-order valence-corrected chi connectivity index (χ4v) is 2.38. The van der Waals surface area contributed by atoms with Gasteiger partial charge >= 0.3 is 12.3 Å². The zero-order valence-electron chi connectivity index (χ0n) is 15.7. The summed E-state index contributed by atoms with van der Waals surface area (Å²) in [7, 11) is 0. The molecule has 5 nitrogen and oxygen atoms in total. The van der Waals surface area contributed by atoms with Crippen LogP contribution in [0.2, 0.25) is 0 Å². The van der Waals surface area contributed by atoms with E-state index in [0.29, 0.717) is 17.7 Å². The fraction of sp³-hybridized carbons (Fsp3) is 0.300. The number of amides is 1. The number of ether oxygens (including phenoxy) is 2. The molecule has 0 saturated carbocycles. The molecule has 29 heavy (non-hydrogen) atoms. The Hall–Kier alpha value is -3.10. The van der Waals surface area contributed by atoms with Gasteiger partial charge in [0.25, 0.3) is 5.91 Å². The number of halogens is 4. The largest absolute Gasteiger partial charge is 0.573 e. The molecule has 2 aromatic carbocycles. The van der Waals surface area contributed by atoms with Crippen LogP contribution in [0, 0.1) is 11.7 Å². The first kappa shape index (κ1) is 22.2. The molecule has 0 saturated heterocycles. The second-order valence-electron chi connectivity index (χ2n) is 6.56. The van der Waals surface area contributed by atoms with Gasteiger partial charge in [0, 0.05) is 17.7 Å². The molecule has 0 aliphatic rings. The molecule has 0 heterocycles. The van der Waals surface area contributed by atoms with Crippen LogP contribution in [-0.2, 0) is 16.1 Å². The fourth-order valence-electron chi connectivity index (χ4n) is 2.38. The standard InChI is InChI=1S/C20H19F4NO4/c1-12(2)9-18(26)28-11-13-5-3-4-6-17(13)25-19(27)15-10-14(7-8-16(15)21)29-20(22,23)24/h3-8,10,12H,9,11H2,1-2H3,(H,25,27). The summed E-state index contributed by atoms with van der Waals surface area (Å²) in [6.45, 7) is 3.60. The molecule has 0 fully saturated rings. The van der Waals surface area contributed by atoms with Gasteiger partial charge in [-0.2, -0.15) is 0 Å². The molecule has 0 radical (unpaired) electrons. The maximum Gasteiger partial charge on any atom is 0.573 e. The number of hydrogen-bond acceptors (Lipinski definition) is 4. The van der Waals surface area contributed by atoms with Crippen LogP contribution in [0.25, 0.3) is 0 Å². The van der Waals surface area contributed by atoms with Crippen LogP contribution >= 0.6 is 0 Å². The molecule has 0 aliphatic heterocycles. The topological polar surface area (TPSA) is 64.6 Å². The van der Waals surface area contributed by atoms with Crippen molar-refractivity contribution >= 4 is 17.6 Å². The Morgan fingerprint density at radius 2 is 1.79 bits per heavy atom. The monoisotopic (exact) mass is 413 g/mol. The molecule has 1 amide bonds. The number of para-hydroxylation sites is 1. The summed E-state index contributed by atoms with van der Waals surface area (Å²) >= 11 is 0. The summed E-state index contributed by atoms with van der Waals surface area (Å²) in [5.41, 5.74) is 0.0517. The van der Waals surface area contributed by atoms with Gasteiger partial charge < -0.3 is 14.8 Å². The predicted molar refractivity (Wildman–Crippen MR) is 96.7 cm³/mol. The molecule has 0 bridgehead atoms. The van der Waals surface area contributed by atoms with Crippen molar-refractivity contribution in [2.24, 2.45) is 5.92 Å². The average Bonchev–Trinajstić information content (AvgIpc) is 2.60. The number of carbonyl (C=O) groups excluding carboxylic acids is 2. The van der Waals surface area contributed by atoms with Gasteiger partial charge in [0.05, 0.1) is 5.56 Å². The first-order chi connectivity index (χ1) is 13.5. The highest BCUT2D eigenvalue weighted by atomic mass is 19.4. The lowest BCUT2D eigenvalue weighted by Gasteiger charge is -2.13. The average molecular weight is 413 g/mol. The summed E-state index contributed by atoms with van der Waals surface area (Å²) in [5, 5.41) is 2.42. The Balaban J connectivity index is 2.15. The van der Waals surface area contributed by atoms with E-state index in [-0.39, 0.29) is 24.6 Å². The molecule has 2 aromatic rings. The minimum Gasteiger partial charge on any atom is -0.461 e. The Bertz CT molecular complexity index is 881. The van der Waals surface area contributed by atoms with Gasteiger partial charge in [-0.1, -0.05) is 32.0 Å². The second-order valence-corrected chi connectivity index (χ2v) is 6.56. The summed E-state index contributed by atoms with van der Waals surface area (Å²) in [6, 6.07) is 8.46. The molecule has 0 spiro atoms. The number of nitrogens with one attached hydrogen (secondary N) is 1. The van der Waals surface area contributed by atoms with E-state index in [1.807, 2.05) is 13.8 Å². The van der Waals surface area contributed by atoms with Crippen molar-refractivity contribution in [3.8, 4) is 5.75 Å². The van der Waals surface area contributed by atoms with Crippen molar-refractivity contribution in [1.82, 2.24) is 0 Å². The highest BCUT2D eigenvalue weighted by Gasteiger charge is 2.31. The van der Waals surface area contributed by atoms with E-state index in [2.05, 4.69) is 10.1 Å². The molecule has 156 valence electrons. The normalized spacial score (nSPS) is 11.3. The van der Waals surface area contributed by atoms with Crippen molar-refractivity contribution in [3.05, 3.63) is 59.4 Å². The smallest absolute Gasteiger partial charge is 0.461 e. The molecule has 0 unspecified atom stereocenters. The van der Waals surface area contributed by atoms with E-state index in [1.165, 1.54) is 6.07 Å². The second kappa shape index (κ2) is 9.40. The van der Waals surface area contributed by atoms with E-state index in [9.17, 15) is 27.2 Å². The number of hydrogen-bond donors (Lipinski definition) is 1. The minimum absolute atomic E-state index is 0.117. The lowest BCUT2D eigenvalue weighted by atomic mass is 10.1. The van der Waals surface area contributed by atoms with Gasteiger partial charge in [-0.25, -0.2) is 4.39 Å². The van der Waals surface area contributed by atoms with Crippen LogP contribution in [0.1, 0.15) is 36.2 Å². The Morgan fingerprint density at radius 3 is 2.45 bits per heavy atom. The Labute approximate surface area is 164 Å². The maximum atomic E-state index is 14.0. The lowest BCUT2D eigenvalue weighted by molar-refractivity contribution is -0.274. The zero-order chi connectivity index (χ0) is 21.6. The number of carbonyl (C=O) groups is 2. The third-order valence-corrected chi connectivity index (χ3v) is 3.65. The molecule has 9 heteroatoms. The van der Waals surface area contributed by atoms with Gasteiger partial charge in [0.2, 0.25) is 0 Å². The van der Waals surface area contributed by atoms with E-state index >= 15 is 0 Å². The predicted octanol–water partition coefficient (Wildman–Crippen LogP) is 5.07. The number of anilines is 1. The molecule has 0 aliphatic carbocycles. The zero-order valence-corrected chi connectivity index (χ0v) is 15.7. The summed E-state index contributed by atoms with van der Waals surface area (Å²) in [6.07, 6.45) is -4.75. The number of benzene rings is 2. The SMILES string of the molecule is CC(C)CC(=O)OCc1ccccc1NC(=O)c1cc(OC(F)(F)F)ccc1F. The van der Waals surface area contributed by atoms with Crippen molar-refractivity contribution in [1.29, 1.82) is 0 Å². The number of rotatable bonds is 7. The van der Waals surface area contributed by atoms with Crippen LogP contribution in [-0.4, -0.2) is 18.2 Å². The number of esters is 1. The highest BCUT2D eigenvalue weighted by Crippen LogP contribution is 2.26. The van der Waals surface area contributed by atoms with Crippen LogP contribution in [0.4, 0.5) is 23.2 Å². The molecule has 2 rings (SSSR count). The third kappa shape index (κ3) is 7.10.